The van der Waals surface area contributed by atoms with Gasteiger partial charge < -0.3 is 18.1 Å². The number of phenols is 1. The van der Waals surface area contributed by atoms with Crippen molar-refractivity contribution in [3.05, 3.63) is 29.5 Å². The van der Waals surface area contributed by atoms with Crippen molar-refractivity contribution >= 4 is 68.6 Å². The lowest BCUT2D eigenvalue weighted by atomic mass is 10.2. The van der Waals surface area contributed by atoms with Crippen LogP contribution in [-0.2, 0) is 20.6 Å². The highest BCUT2D eigenvalue weighted by Crippen LogP contribution is 2.43. The normalized spacial score (nSPS) is 15.4. The van der Waals surface area contributed by atoms with Crippen molar-refractivity contribution in [2.45, 2.75) is 31.3 Å². The zero-order valence-corrected chi connectivity index (χ0v) is 22.4. The molecule has 0 aromatic heterocycles. The molecule has 1 aromatic carbocycles. The first kappa shape index (κ1) is 29.4. The minimum atomic E-state index is -4.86. The van der Waals surface area contributed by atoms with Crippen LogP contribution in [0, 0.1) is 0 Å². The molecule has 1 aromatic rings. The molecule has 0 aliphatic heterocycles. The second kappa shape index (κ2) is 12.7. The Morgan fingerprint density at radius 2 is 2.03 bits per heavy atom. The number of thiol groups is 1. The number of aromatic hydroxyl groups is 1. The predicted octanol–water partition coefficient (Wildman–Crippen LogP) is 4.10. The van der Waals surface area contributed by atoms with E-state index >= 15 is 0 Å². The molecule has 0 fully saturated rings. The van der Waals surface area contributed by atoms with Gasteiger partial charge in [0.25, 0.3) is 0 Å². The van der Waals surface area contributed by atoms with Gasteiger partial charge in [-0.15, -0.1) is 0 Å². The Hall–Kier alpha value is -1.65. The summed E-state index contributed by atoms with van der Waals surface area (Å²) >= 11 is 5.78. The van der Waals surface area contributed by atoms with Gasteiger partial charge in [-0.3, -0.25) is 4.99 Å². The van der Waals surface area contributed by atoms with E-state index in [1.807, 2.05) is 19.9 Å². The van der Waals surface area contributed by atoms with Gasteiger partial charge in [0.2, 0.25) is 0 Å². The Morgan fingerprint density at radius 1 is 1.39 bits per heavy atom. The molecule has 0 radical (unpaired) electrons. The van der Waals surface area contributed by atoms with E-state index in [9.17, 15) is 22.5 Å². The van der Waals surface area contributed by atoms with Gasteiger partial charge in [-0.2, -0.15) is 13.2 Å². The Morgan fingerprint density at radius 3 is 2.52 bits per heavy atom. The van der Waals surface area contributed by atoms with E-state index in [1.54, 1.807) is 22.9 Å². The number of halogens is 4. The summed E-state index contributed by atoms with van der Waals surface area (Å²) in [5.41, 5.74) is -1.54. The van der Waals surface area contributed by atoms with E-state index in [0.717, 1.165) is 22.6 Å². The van der Waals surface area contributed by atoms with E-state index in [4.69, 9.17) is 4.74 Å². The highest BCUT2D eigenvalue weighted by molar-refractivity contribution is 14.1. The lowest BCUT2D eigenvalue weighted by Gasteiger charge is -2.23. The fourth-order valence-corrected chi connectivity index (χ4v) is 4.37. The number of aliphatic imine (C=N–C) groups is 2. The van der Waals surface area contributed by atoms with Gasteiger partial charge in [0.15, 0.2) is 17.4 Å². The molecular formula is C19H27F3IN5O3S2. The number of hydrogen-bond acceptors (Lipinski definition) is 6. The standard InChI is InChI=1S/C19H27F3IN5O3S2/c1-6-7-12(2)31-11-10-24-17(26-23)18(27-32)25-14-9-8-13(19(20,21)22)16(15(14)29)33(5,30)28(3)4/h7-9,29,32H,5-6,10-11H2,1-4H3,(H,24,26)(H,25,27)/b12-7-. The second-order valence-corrected chi connectivity index (χ2v) is 9.91. The molecule has 0 saturated carbocycles. The first-order chi connectivity index (χ1) is 15.3. The van der Waals surface area contributed by atoms with Crippen molar-refractivity contribution in [3.63, 3.8) is 0 Å². The minimum absolute atomic E-state index is 0.00924. The first-order valence-corrected chi connectivity index (χ1v) is 12.7. The molecule has 0 bridgehead atoms. The molecule has 8 nitrogen and oxygen atoms in total. The fraction of sp³-hybridized carbons (Fsp3) is 0.421. The summed E-state index contributed by atoms with van der Waals surface area (Å²) in [5.74, 6) is 3.47. The minimum Gasteiger partial charge on any atom is -0.504 e. The second-order valence-electron chi connectivity index (χ2n) is 6.73. The van der Waals surface area contributed by atoms with Crippen LogP contribution in [0.2, 0.25) is 0 Å². The highest BCUT2D eigenvalue weighted by Gasteiger charge is 2.38. The quantitative estimate of drug-likeness (QED) is 0.0513. The van der Waals surface area contributed by atoms with Crippen LogP contribution < -0.4 is 8.25 Å². The van der Waals surface area contributed by atoms with Gasteiger partial charge in [-0.05, 0) is 51.5 Å². The third-order valence-corrected chi connectivity index (χ3v) is 7.11. The molecule has 0 amide bonds. The van der Waals surface area contributed by atoms with Gasteiger partial charge in [0.1, 0.15) is 17.2 Å². The van der Waals surface area contributed by atoms with Crippen LogP contribution in [0.3, 0.4) is 0 Å². The van der Waals surface area contributed by atoms with Crippen molar-refractivity contribution in [1.82, 2.24) is 12.6 Å². The Labute approximate surface area is 211 Å². The van der Waals surface area contributed by atoms with Crippen LogP contribution >= 0.6 is 35.7 Å². The predicted molar refractivity (Wildman–Crippen MR) is 139 cm³/mol. The van der Waals surface area contributed by atoms with Gasteiger partial charge in [0, 0.05) is 0 Å². The molecular weight excluding hydrogens is 594 g/mol. The van der Waals surface area contributed by atoms with Gasteiger partial charge in [-0.1, -0.05) is 19.7 Å². The van der Waals surface area contributed by atoms with E-state index in [1.165, 1.54) is 14.1 Å². The van der Waals surface area contributed by atoms with Crippen molar-refractivity contribution in [2.24, 2.45) is 9.98 Å². The summed E-state index contributed by atoms with van der Waals surface area (Å²) < 4.78 is 65.4. The maximum absolute atomic E-state index is 13.6. The number of alkyl halides is 3. The summed E-state index contributed by atoms with van der Waals surface area (Å²) in [5, 5.41) is 10.6. The van der Waals surface area contributed by atoms with Crippen LogP contribution in [0.15, 0.2) is 38.8 Å². The maximum Gasteiger partial charge on any atom is 0.417 e. The molecule has 1 atom stereocenters. The number of hydrogen-bond donors (Lipinski definition) is 4. The lowest BCUT2D eigenvalue weighted by molar-refractivity contribution is -0.140. The largest absolute Gasteiger partial charge is 0.504 e. The van der Waals surface area contributed by atoms with Crippen LogP contribution in [-0.4, -0.2) is 58.4 Å². The number of benzene rings is 1. The van der Waals surface area contributed by atoms with Crippen LogP contribution in [0.4, 0.5) is 18.9 Å². The van der Waals surface area contributed by atoms with Gasteiger partial charge >= 0.3 is 6.18 Å². The van der Waals surface area contributed by atoms with Crippen LogP contribution in [0.5, 0.6) is 5.75 Å². The molecule has 0 spiro atoms. The molecule has 0 aliphatic carbocycles. The zero-order valence-electron chi connectivity index (χ0n) is 18.5. The Bertz CT molecular complexity index is 1030. The maximum atomic E-state index is 13.6. The summed E-state index contributed by atoms with van der Waals surface area (Å²) in [4.78, 5) is 7.58. The SMILES string of the molecule is C=S(=O)(c1c(C(F)(F)F)ccc(N=C(NS)C(=NCCO/C(C)=C\CC)NI)c1O)N(C)C. The number of phenolic OH excluding ortho intramolecular Hbond substituents is 1. The third kappa shape index (κ3) is 7.96. The number of amidine groups is 2. The Kier molecular flexibility index (Phi) is 11.3. The summed E-state index contributed by atoms with van der Waals surface area (Å²) in [6.45, 7) is 4.34. The van der Waals surface area contributed by atoms with Crippen LogP contribution in [0.25, 0.3) is 0 Å². The average Bonchev–Trinajstić information content (AvgIpc) is 2.72. The molecule has 0 saturated heterocycles. The van der Waals surface area contributed by atoms with E-state index in [2.05, 4.69) is 36.9 Å². The number of ether oxygens (including phenoxy) is 1. The Balaban J connectivity index is 3.47. The van der Waals surface area contributed by atoms with Gasteiger partial charge in [-0.25, -0.2) is 13.5 Å². The molecule has 14 heteroatoms. The van der Waals surface area contributed by atoms with E-state index < -0.39 is 32.1 Å². The molecule has 0 aliphatic rings. The summed E-state index contributed by atoms with van der Waals surface area (Å²) in [6.07, 6.45) is -2.11. The number of allylic oxidation sites excluding steroid dienone is 2. The van der Waals surface area contributed by atoms with Crippen molar-refractivity contribution in [3.8, 4) is 5.75 Å². The number of nitrogens with zero attached hydrogens (tertiary/aromatic N) is 3. The summed E-state index contributed by atoms with van der Waals surface area (Å²) in [6, 6.07) is 1.66. The molecule has 33 heavy (non-hydrogen) atoms. The number of nitrogens with one attached hydrogen (secondary N) is 2. The average molecular weight is 621 g/mol. The zero-order chi connectivity index (χ0) is 25.4. The topological polar surface area (TPSA) is 98.5 Å². The molecule has 186 valence electrons. The molecule has 0 heterocycles. The monoisotopic (exact) mass is 621 g/mol. The van der Waals surface area contributed by atoms with Crippen LogP contribution in [0.1, 0.15) is 25.8 Å². The van der Waals surface area contributed by atoms with E-state index in [0.29, 0.717) is 6.07 Å². The smallest absolute Gasteiger partial charge is 0.417 e. The highest BCUT2D eigenvalue weighted by atomic mass is 127. The molecule has 3 N–H and O–H groups in total. The third-order valence-electron chi connectivity index (χ3n) is 4.16. The summed E-state index contributed by atoms with van der Waals surface area (Å²) in [7, 11) is -1.05. The lowest BCUT2D eigenvalue weighted by Crippen LogP contribution is -2.32. The van der Waals surface area contributed by atoms with E-state index in [-0.39, 0.29) is 30.5 Å². The molecule has 1 rings (SSSR count). The fourth-order valence-electron chi connectivity index (χ4n) is 2.49. The molecule has 1 unspecified atom stereocenters. The van der Waals surface area contributed by atoms with Crippen molar-refractivity contribution < 1.29 is 27.2 Å². The number of rotatable bonds is 8. The van der Waals surface area contributed by atoms with Crippen molar-refractivity contribution in [1.29, 1.82) is 0 Å². The first-order valence-electron chi connectivity index (χ1n) is 9.48. The van der Waals surface area contributed by atoms with Crippen molar-refractivity contribution in [2.75, 3.05) is 27.2 Å². The van der Waals surface area contributed by atoms with Gasteiger partial charge in [0.05, 0.1) is 50.4 Å².